The predicted molar refractivity (Wildman–Crippen MR) is 133 cm³/mol. The Hall–Kier alpha value is -2.83. The average Bonchev–Trinajstić information content (AvgIpc) is 2.80. The fourth-order valence-electron chi connectivity index (χ4n) is 4.04. The number of anilines is 1. The molecule has 1 heterocycles. The second-order valence-corrected chi connectivity index (χ2v) is 11.7. The van der Waals surface area contributed by atoms with Gasteiger partial charge in [0.05, 0.1) is 0 Å². The van der Waals surface area contributed by atoms with Crippen LogP contribution in [0.5, 0.6) is 5.75 Å². The molecular formula is C26H31AsN2O5. The number of likely N-dealkylation sites (tertiary alicyclic amines) is 1. The zero-order valence-corrected chi connectivity index (χ0v) is 21.0. The standard InChI is InChI=1S/C18H21N.C8H10AsNO5/c1-3-7-16(8-4-1)15-19-13-11-18(12-14-19)17-9-5-2-6-10-17;1-5(11)10-6-2-3-7(8(12)4-6)9(13,14)15/h1-10,18H,11-15H2;2-4,12H,1H3,(H,10,11)(H2,13,14,15). The van der Waals surface area contributed by atoms with Crippen molar-refractivity contribution in [2.75, 3.05) is 18.4 Å². The number of phenolic OH excluding ortho intramolecular Hbond substituents is 1. The van der Waals surface area contributed by atoms with Gasteiger partial charge < -0.3 is 0 Å². The van der Waals surface area contributed by atoms with Gasteiger partial charge >= 0.3 is 88.1 Å². The molecule has 4 N–H and O–H groups in total. The van der Waals surface area contributed by atoms with Gasteiger partial charge in [-0.05, 0) is 43.0 Å². The molecule has 1 saturated heterocycles. The first-order valence-electron chi connectivity index (χ1n) is 11.2. The zero-order chi connectivity index (χ0) is 24.6. The molecule has 0 radical (unpaired) electrons. The van der Waals surface area contributed by atoms with Gasteiger partial charge in [-0.15, -0.1) is 0 Å². The summed E-state index contributed by atoms with van der Waals surface area (Å²) in [7, 11) is 0. The monoisotopic (exact) mass is 526 g/mol. The number of nitrogens with zero attached hydrogens (tertiary/aromatic N) is 1. The second-order valence-electron chi connectivity index (χ2n) is 8.38. The normalized spacial score (nSPS) is 14.7. The van der Waals surface area contributed by atoms with E-state index in [1.807, 2.05) is 0 Å². The first-order chi connectivity index (χ1) is 16.2. The smallest absolute Gasteiger partial charge is 0.0233 e. The van der Waals surface area contributed by atoms with Crippen LogP contribution in [0.2, 0.25) is 0 Å². The number of hydrogen-bond acceptors (Lipinski definition) is 4. The van der Waals surface area contributed by atoms with Crippen LogP contribution in [0.15, 0.2) is 78.9 Å². The van der Waals surface area contributed by atoms with Gasteiger partial charge in [0.15, 0.2) is 0 Å². The number of amides is 1. The van der Waals surface area contributed by atoms with Crippen LogP contribution in [0, 0.1) is 0 Å². The van der Waals surface area contributed by atoms with Gasteiger partial charge in [-0.3, -0.25) is 4.90 Å². The van der Waals surface area contributed by atoms with Crippen molar-refractivity contribution in [2.45, 2.75) is 32.2 Å². The van der Waals surface area contributed by atoms with Gasteiger partial charge in [0.2, 0.25) is 0 Å². The van der Waals surface area contributed by atoms with Gasteiger partial charge in [0, 0.05) is 6.54 Å². The minimum Gasteiger partial charge on any atom is -0.299 e. The van der Waals surface area contributed by atoms with E-state index in [1.54, 1.807) is 0 Å². The van der Waals surface area contributed by atoms with E-state index >= 15 is 0 Å². The number of hydrogen-bond donors (Lipinski definition) is 4. The Labute approximate surface area is 203 Å². The van der Waals surface area contributed by atoms with E-state index in [4.69, 9.17) is 8.19 Å². The molecule has 0 unspecified atom stereocenters. The Balaban J connectivity index is 0.000000197. The van der Waals surface area contributed by atoms with Crippen molar-refractivity contribution in [3.8, 4) is 5.75 Å². The fourth-order valence-corrected chi connectivity index (χ4v) is 5.37. The summed E-state index contributed by atoms with van der Waals surface area (Å²) in [5.41, 5.74) is 3.23. The number of piperidine rings is 1. The van der Waals surface area contributed by atoms with E-state index in [2.05, 4.69) is 70.9 Å². The molecule has 4 rings (SSSR count). The molecule has 34 heavy (non-hydrogen) atoms. The number of nitrogens with one attached hydrogen (secondary N) is 1. The Morgan fingerprint density at radius 2 is 1.56 bits per heavy atom. The third-order valence-electron chi connectivity index (χ3n) is 5.72. The first-order valence-corrected chi connectivity index (χ1v) is 14.6. The molecule has 1 fully saturated rings. The SMILES string of the molecule is CC(=O)Nc1ccc([As](=O)(O)O)c(O)c1.c1ccc(CN2CCC(c3ccccc3)CC2)cc1. The Bertz CT molecular complexity index is 1110. The Morgan fingerprint density at radius 1 is 0.971 bits per heavy atom. The molecule has 180 valence electrons. The van der Waals surface area contributed by atoms with Crippen molar-refractivity contribution < 1.29 is 21.8 Å². The zero-order valence-electron chi connectivity index (χ0n) is 19.2. The predicted octanol–water partition coefficient (Wildman–Crippen LogP) is 2.98. The van der Waals surface area contributed by atoms with Crippen LogP contribution in [0.3, 0.4) is 0 Å². The molecule has 8 heteroatoms. The van der Waals surface area contributed by atoms with Gasteiger partial charge in [-0.25, -0.2) is 0 Å². The summed E-state index contributed by atoms with van der Waals surface area (Å²) in [5.74, 6) is -0.0920. The number of carbonyl (C=O) groups is 1. The fraction of sp³-hybridized carbons (Fsp3) is 0.269. The van der Waals surface area contributed by atoms with E-state index in [1.165, 1.54) is 50.0 Å². The van der Waals surface area contributed by atoms with Crippen LogP contribution in [0.4, 0.5) is 5.69 Å². The molecule has 1 aliphatic rings. The third-order valence-corrected chi connectivity index (χ3v) is 7.83. The molecular weight excluding hydrogens is 495 g/mol. The minimum absolute atomic E-state index is 0.285. The second kappa shape index (κ2) is 12.0. The molecule has 1 amide bonds. The molecule has 0 bridgehead atoms. The van der Waals surface area contributed by atoms with Crippen molar-refractivity contribution in [1.29, 1.82) is 0 Å². The molecule has 7 nitrogen and oxygen atoms in total. The molecule has 3 aromatic rings. The Morgan fingerprint density at radius 3 is 2.09 bits per heavy atom. The maximum absolute atomic E-state index is 10.9. The molecule has 0 aromatic heterocycles. The van der Waals surface area contributed by atoms with Crippen molar-refractivity contribution >= 4 is 30.1 Å². The average molecular weight is 526 g/mol. The van der Waals surface area contributed by atoms with E-state index in [0.29, 0.717) is 0 Å². The van der Waals surface area contributed by atoms with Gasteiger partial charge in [0.25, 0.3) is 0 Å². The number of carbonyl (C=O) groups excluding carboxylic acids is 1. The van der Waals surface area contributed by atoms with Crippen LogP contribution < -0.4 is 9.67 Å². The topological polar surface area (TPSA) is 110 Å². The van der Waals surface area contributed by atoms with E-state index < -0.39 is 24.3 Å². The van der Waals surface area contributed by atoms with Crippen LogP contribution in [0.25, 0.3) is 0 Å². The van der Waals surface area contributed by atoms with E-state index in [0.717, 1.165) is 24.6 Å². The summed E-state index contributed by atoms with van der Waals surface area (Å²) in [6, 6.07) is 25.3. The summed E-state index contributed by atoms with van der Waals surface area (Å²) < 4.78 is 28.2. The number of aromatic hydroxyl groups is 1. The summed E-state index contributed by atoms with van der Waals surface area (Å²) >= 11 is -5.09. The van der Waals surface area contributed by atoms with Crippen LogP contribution in [0.1, 0.15) is 36.8 Å². The molecule has 0 saturated carbocycles. The van der Waals surface area contributed by atoms with Crippen LogP contribution in [-0.2, 0) is 15.1 Å². The number of rotatable bonds is 5. The number of phenols is 1. The first kappa shape index (κ1) is 25.8. The van der Waals surface area contributed by atoms with Crippen molar-refractivity contribution in [2.24, 2.45) is 0 Å². The van der Waals surface area contributed by atoms with Crippen molar-refractivity contribution in [3.05, 3.63) is 90.0 Å². The van der Waals surface area contributed by atoms with Gasteiger partial charge in [0.1, 0.15) is 0 Å². The third kappa shape index (κ3) is 7.89. The molecule has 1 aliphatic heterocycles. The van der Waals surface area contributed by atoms with E-state index in [-0.39, 0.29) is 11.6 Å². The van der Waals surface area contributed by atoms with Crippen LogP contribution >= 0.6 is 0 Å². The maximum Gasteiger partial charge on any atom is 0.0233 e. The minimum atomic E-state index is -5.09. The molecule has 0 atom stereocenters. The van der Waals surface area contributed by atoms with E-state index in [9.17, 15) is 13.6 Å². The summed E-state index contributed by atoms with van der Waals surface area (Å²) in [5, 5.41) is 11.7. The van der Waals surface area contributed by atoms with Gasteiger partial charge in [-0.1, -0.05) is 60.7 Å². The quantitative estimate of drug-likeness (QED) is 0.381. The Kier molecular flexibility index (Phi) is 9.13. The van der Waals surface area contributed by atoms with Gasteiger partial charge in [-0.2, -0.15) is 0 Å². The molecule has 0 aliphatic carbocycles. The number of benzene rings is 3. The van der Waals surface area contributed by atoms with Crippen molar-refractivity contribution in [1.82, 2.24) is 4.90 Å². The van der Waals surface area contributed by atoms with Crippen LogP contribution in [-0.4, -0.2) is 51.4 Å². The maximum atomic E-state index is 10.9. The molecule has 3 aromatic carbocycles. The largest absolute Gasteiger partial charge is 0.299 e. The summed E-state index contributed by atoms with van der Waals surface area (Å²) in [4.78, 5) is 13.2. The van der Waals surface area contributed by atoms with Crippen molar-refractivity contribution in [3.63, 3.8) is 0 Å². The molecule has 0 spiro atoms. The summed E-state index contributed by atoms with van der Waals surface area (Å²) in [6.07, 6.45) is 2.58. The summed E-state index contributed by atoms with van der Waals surface area (Å²) in [6.45, 7) is 4.82.